The van der Waals surface area contributed by atoms with Crippen LogP contribution in [0.3, 0.4) is 0 Å². The number of carbonyl (C=O) groups excluding carboxylic acids is 1. The van der Waals surface area contributed by atoms with E-state index in [4.69, 9.17) is 0 Å². The van der Waals surface area contributed by atoms with Crippen LogP contribution in [0, 0.1) is 16.7 Å². The average Bonchev–Trinajstić information content (AvgIpc) is 3.10. The van der Waals surface area contributed by atoms with Gasteiger partial charge >= 0.3 is 0 Å². The Kier molecular flexibility index (Phi) is 2.99. The van der Waals surface area contributed by atoms with Crippen molar-refractivity contribution in [2.75, 3.05) is 5.75 Å². The molecular weight excluding hydrogens is 250 g/mol. The highest BCUT2D eigenvalue weighted by molar-refractivity contribution is 7.92. The first-order chi connectivity index (χ1) is 8.53. The van der Waals surface area contributed by atoms with Crippen molar-refractivity contribution in [3.05, 3.63) is 35.9 Å². The van der Waals surface area contributed by atoms with Crippen LogP contribution in [0.1, 0.15) is 18.4 Å². The standard InChI is InChI=1S/C13H13NO3S/c1-2-18(16,17)12-11(13(12,8-14)9-15)10-6-4-3-5-7-10/h3-7,9,11-12H,2H2,1H3. The highest BCUT2D eigenvalue weighted by atomic mass is 32.2. The number of rotatable bonds is 4. The van der Waals surface area contributed by atoms with Crippen LogP contribution in [0.5, 0.6) is 0 Å². The van der Waals surface area contributed by atoms with Crippen molar-refractivity contribution in [3.63, 3.8) is 0 Å². The Labute approximate surface area is 106 Å². The van der Waals surface area contributed by atoms with Crippen LogP contribution in [0.15, 0.2) is 30.3 Å². The third-order valence-corrected chi connectivity index (χ3v) is 5.76. The van der Waals surface area contributed by atoms with E-state index in [1.54, 1.807) is 24.3 Å². The molecule has 0 aromatic heterocycles. The zero-order valence-corrected chi connectivity index (χ0v) is 10.7. The first-order valence-electron chi connectivity index (χ1n) is 5.67. The van der Waals surface area contributed by atoms with Gasteiger partial charge < -0.3 is 4.79 Å². The minimum atomic E-state index is -3.41. The summed E-state index contributed by atoms with van der Waals surface area (Å²) in [6.45, 7) is 1.53. The van der Waals surface area contributed by atoms with Gasteiger partial charge in [0, 0.05) is 11.7 Å². The zero-order chi connectivity index (χ0) is 13.4. The summed E-state index contributed by atoms with van der Waals surface area (Å²) >= 11 is 0. The molecule has 1 fully saturated rings. The summed E-state index contributed by atoms with van der Waals surface area (Å²) < 4.78 is 23.9. The Morgan fingerprint density at radius 1 is 1.39 bits per heavy atom. The molecule has 0 spiro atoms. The summed E-state index contributed by atoms with van der Waals surface area (Å²) in [6, 6.07) is 10.8. The molecule has 5 heteroatoms. The van der Waals surface area contributed by atoms with Crippen LogP contribution < -0.4 is 0 Å². The van der Waals surface area contributed by atoms with E-state index in [0.29, 0.717) is 6.29 Å². The Morgan fingerprint density at radius 3 is 2.44 bits per heavy atom. The van der Waals surface area contributed by atoms with E-state index < -0.39 is 26.4 Å². The Balaban J connectivity index is 2.49. The second-order valence-corrected chi connectivity index (χ2v) is 6.83. The van der Waals surface area contributed by atoms with E-state index in [2.05, 4.69) is 0 Å². The number of carbonyl (C=O) groups is 1. The summed E-state index contributed by atoms with van der Waals surface area (Å²) in [7, 11) is -3.41. The number of hydrogen-bond acceptors (Lipinski definition) is 4. The molecule has 2 rings (SSSR count). The van der Waals surface area contributed by atoms with Gasteiger partial charge in [-0.05, 0) is 5.56 Å². The molecule has 1 aliphatic rings. The van der Waals surface area contributed by atoms with Crippen molar-refractivity contribution in [1.82, 2.24) is 0 Å². The van der Waals surface area contributed by atoms with Crippen LogP contribution in [0.2, 0.25) is 0 Å². The lowest BCUT2D eigenvalue weighted by Crippen LogP contribution is -2.17. The molecule has 1 aromatic rings. The van der Waals surface area contributed by atoms with Crippen LogP contribution in [-0.2, 0) is 14.6 Å². The maximum absolute atomic E-state index is 12.0. The molecule has 0 bridgehead atoms. The molecule has 0 radical (unpaired) electrons. The smallest absolute Gasteiger partial charge is 0.155 e. The molecule has 3 atom stereocenters. The molecule has 0 aliphatic heterocycles. The van der Waals surface area contributed by atoms with Crippen molar-refractivity contribution < 1.29 is 13.2 Å². The topological polar surface area (TPSA) is 75.0 Å². The van der Waals surface area contributed by atoms with E-state index in [0.717, 1.165) is 5.56 Å². The summed E-state index contributed by atoms with van der Waals surface area (Å²) in [4.78, 5) is 11.2. The molecule has 0 saturated heterocycles. The number of sulfone groups is 1. The van der Waals surface area contributed by atoms with Crippen molar-refractivity contribution >= 4 is 16.1 Å². The molecule has 1 saturated carbocycles. The van der Waals surface area contributed by atoms with E-state index >= 15 is 0 Å². The summed E-state index contributed by atoms with van der Waals surface area (Å²) in [6.07, 6.45) is 0.489. The van der Waals surface area contributed by atoms with Crippen molar-refractivity contribution in [2.45, 2.75) is 18.1 Å². The van der Waals surface area contributed by atoms with Crippen LogP contribution in [0.4, 0.5) is 0 Å². The molecule has 1 aliphatic carbocycles. The monoisotopic (exact) mass is 263 g/mol. The van der Waals surface area contributed by atoms with E-state index in [1.165, 1.54) is 6.92 Å². The van der Waals surface area contributed by atoms with Gasteiger partial charge in [-0.2, -0.15) is 5.26 Å². The van der Waals surface area contributed by atoms with Crippen molar-refractivity contribution in [3.8, 4) is 6.07 Å². The highest BCUT2D eigenvalue weighted by Gasteiger charge is 2.72. The van der Waals surface area contributed by atoms with E-state index in [1.807, 2.05) is 12.1 Å². The lowest BCUT2D eigenvalue weighted by atomic mass is 10.0. The van der Waals surface area contributed by atoms with Gasteiger partial charge in [0.1, 0.15) is 11.7 Å². The number of aldehydes is 1. The molecule has 94 valence electrons. The summed E-state index contributed by atoms with van der Waals surface area (Å²) in [5, 5.41) is 8.27. The largest absolute Gasteiger partial charge is 0.302 e. The maximum Gasteiger partial charge on any atom is 0.155 e. The number of nitrogens with zero attached hydrogens (tertiary/aromatic N) is 1. The van der Waals surface area contributed by atoms with Gasteiger partial charge in [0.2, 0.25) is 0 Å². The fourth-order valence-corrected chi connectivity index (χ4v) is 4.40. The minimum absolute atomic E-state index is 0.0573. The molecule has 0 heterocycles. The molecule has 3 unspecified atom stereocenters. The van der Waals surface area contributed by atoms with Gasteiger partial charge in [0.15, 0.2) is 9.84 Å². The highest BCUT2D eigenvalue weighted by Crippen LogP contribution is 2.61. The molecule has 18 heavy (non-hydrogen) atoms. The lowest BCUT2D eigenvalue weighted by Gasteiger charge is -1.99. The second kappa shape index (κ2) is 4.21. The zero-order valence-electron chi connectivity index (χ0n) is 9.91. The number of hydrogen-bond donors (Lipinski definition) is 0. The molecular formula is C13H13NO3S. The molecule has 0 N–H and O–H groups in total. The fraction of sp³-hybridized carbons (Fsp3) is 0.385. The Morgan fingerprint density at radius 2 is 2.00 bits per heavy atom. The molecule has 1 aromatic carbocycles. The van der Waals surface area contributed by atoms with Crippen molar-refractivity contribution in [2.24, 2.45) is 5.41 Å². The van der Waals surface area contributed by atoms with Gasteiger partial charge in [-0.25, -0.2) is 8.42 Å². The van der Waals surface area contributed by atoms with Crippen LogP contribution in [-0.4, -0.2) is 25.7 Å². The van der Waals surface area contributed by atoms with Crippen LogP contribution in [0.25, 0.3) is 0 Å². The SMILES string of the molecule is CCS(=O)(=O)C1C(c2ccccc2)C1(C#N)C=O. The first kappa shape index (κ1) is 12.8. The van der Waals surface area contributed by atoms with Gasteiger partial charge in [0.25, 0.3) is 0 Å². The lowest BCUT2D eigenvalue weighted by molar-refractivity contribution is -0.110. The number of benzene rings is 1. The van der Waals surface area contributed by atoms with Gasteiger partial charge in [-0.1, -0.05) is 37.3 Å². The van der Waals surface area contributed by atoms with E-state index in [-0.39, 0.29) is 5.75 Å². The average molecular weight is 263 g/mol. The Hall–Kier alpha value is -1.67. The molecule has 4 nitrogen and oxygen atoms in total. The first-order valence-corrected chi connectivity index (χ1v) is 7.39. The number of nitriles is 1. The predicted molar refractivity (Wildman–Crippen MR) is 66.5 cm³/mol. The fourth-order valence-electron chi connectivity index (χ4n) is 2.47. The van der Waals surface area contributed by atoms with E-state index in [9.17, 15) is 18.5 Å². The normalized spacial score (nSPS) is 30.4. The third-order valence-electron chi connectivity index (χ3n) is 3.52. The summed E-state index contributed by atoms with van der Waals surface area (Å²) in [5.41, 5.74) is -0.677. The van der Waals surface area contributed by atoms with Gasteiger partial charge in [-0.3, -0.25) is 0 Å². The minimum Gasteiger partial charge on any atom is -0.302 e. The van der Waals surface area contributed by atoms with Crippen LogP contribution >= 0.6 is 0 Å². The molecule has 0 amide bonds. The maximum atomic E-state index is 12.0. The summed E-state index contributed by atoms with van der Waals surface area (Å²) in [5.74, 6) is -0.593. The van der Waals surface area contributed by atoms with Crippen molar-refractivity contribution in [1.29, 1.82) is 5.26 Å². The third kappa shape index (κ3) is 1.65. The van der Waals surface area contributed by atoms with Gasteiger partial charge in [-0.15, -0.1) is 0 Å². The quantitative estimate of drug-likeness (QED) is 0.767. The second-order valence-electron chi connectivity index (χ2n) is 4.42. The van der Waals surface area contributed by atoms with Gasteiger partial charge in [0.05, 0.1) is 11.3 Å². The predicted octanol–water partition coefficient (Wildman–Crippen LogP) is 1.30. The Bertz CT molecular complexity index is 603.